The number of hydrogen-bond acceptors (Lipinski definition) is 5. The summed E-state index contributed by atoms with van der Waals surface area (Å²) in [6.45, 7) is 1.44. The maximum atomic E-state index is 11.9. The molecule has 0 unspecified atom stereocenters. The summed E-state index contributed by atoms with van der Waals surface area (Å²) in [5, 5.41) is 8.83. The van der Waals surface area contributed by atoms with E-state index in [-0.39, 0.29) is 18.1 Å². The Balaban J connectivity index is 2.07. The zero-order chi connectivity index (χ0) is 13.9. The van der Waals surface area contributed by atoms with Gasteiger partial charge >= 0.3 is 0 Å². The van der Waals surface area contributed by atoms with Gasteiger partial charge in [-0.3, -0.25) is 4.18 Å². The van der Waals surface area contributed by atoms with E-state index in [1.807, 2.05) is 6.92 Å². The van der Waals surface area contributed by atoms with Crippen molar-refractivity contribution in [2.24, 2.45) is 0 Å². The molecule has 0 atom stereocenters. The van der Waals surface area contributed by atoms with E-state index in [2.05, 4.69) is 0 Å². The van der Waals surface area contributed by atoms with Crippen molar-refractivity contribution in [3.8, 4) is 0 Å². The molecule has 1 aromatic heterocycles. The van der Waals surface area contributed by atoms with Crippen LogP contribution in [0.5, 0.6) is 0 Å². The Hall–Kier alpha value is -1.63. The van der Waals surface area contributed by atoms with Gasteiger partial charge in [0.1, 0.15) is 24.7 Å². The number of aliphatic hydroxyl groups is 1. The van der Waals surface area contributed by atoms with Crippen LogP contribution in [0.15, 0.2) is 45.7 Å². The van der Waals surface area contributed by atoms with Crippen LogP contribution in [0.4, 0.5) is 0 Å². The molecular weight excluding hydrogens is 268 g/mol. The van der Waals surface area contributed by atoms with Crippen LogP contribution < -0.4 is 0 Å². The summed E-state index contributed by atoms with van der Waals surface area (Å²) < 4.78 is 33.8. The first-order valence-corrected chi connectivity index (χ1v) is 7.06. The van der Waals surface area contributed by atoms with Crippen molar-refractivity contribution < 1.29 is 22.1 Å². The summed E-state index contributed by atoms with van der Waals surface area (Å²) in [5.74, 6) is 0.714. The monoisotopic (exact) mass is 282 g/mol. The van der Waals surface area contributed by atoms with Crippen molar-refractivity contribution in [2.45, 2.75) is 25.0 Å². The number of rotatable bonds is 5. The summed E-state index contributed by atoms with van der Waals surface area (Å²) in [6, 6.07) is 9.52. The first kappa shape index (κ1) is 13.8. The van der Waals surface area contributed by atoms with E-state index in [1.165, 1.54) is 12.1 Å². The van der Waals surface area contributed by atoms with Gasteiger partial charge in [-0.15, -0.1) is 0 Å². The third-order valence-electron chi connectivity index (χ3n) is 2.54. The number of benzene rings is 1. The van der Waals surface area contributed by atoms with Crippen molar-refractivity contribution in [1.82, 2.24) is 0 Å². The maximum absolute atomic E-state index is 11.9. The third kappa shape index (κ3) is 3.44. The zero-order valence-electron chi connectivity index (χ0n) is 10.4. The summed E-state index contributed by atoms with van der Waals surface area (Å²) in [4.78, 5) is 0.104. The minimum absolute atomic E-state index is 0.104. The van der Waals surface area contributed by atoms with Crippen molar-refractivity contribution in [3.05, 3.63) is 53.5 Å². The largest absolute Gasteiger partial charge is 0.461 e. The lowest BCUT2D eigenvalue weighted by molar-refractivity contribution is 0.226. The van der Waals surface area contributed by atoms with Crippen LogP contribution in [0, 0.1) is 6.92 Å². The Morgan fingerprint density at radius 2 is 1.74 bits per heavy atom. The van der Waals surface area contributed by atoms with Gasteiger partial charge in [-0.25, -0.2) is 0 Å². The summed E-state index contributed by atoms with van der Waals surface area (Å²) in [7, 11) is -3.80. The van der Waals surface area contributed by atoms with Gasteiger partial charge in [0.15, 0.2) is 0 Å². The topological polar surface area (TPSA) is 76.7 Å². The van der Waals surface area contributed by atoms with Crippen molar-refractivity contribution >= 4 is 10.1 Å². The van der Waals surface area contributed by atoms with Crippen molar-refractivity contribution in [1.29, 1.82) is 0 Å². The average Bonchev–Trinajstić information content (AvgIpc) is 2.85. The van der Waals surface area contributed by atoms with Gasteiger partial charge in [0.2, 0.25) is 0 Å². The van der Waals surface area contributed by atoms with Crippen LogP contribution >= 0.6 is 0 Å². The lowest BCUT2D eigenvalue weighted by Crippen LogP contribution is -2.06. The molecule has 1 N–H and O–H groups in total. The van der Waals surface area contributed by atoms with Gasteiger partial charge < -0.3 is 9.52 Å². The van der Waals surface area contributed by atoms with Gasteiger partial charge in [-0.1, -0.05) is 17.7 Å². The molecule has 0 radical (unpaired) electrons. The van der Waals surface area contributed by atoms with Crippen LogP contribution in [0.25, 0.3) is 0 Å². The molecule has 1 aromatic carbocycles. The van der Waals surface area contributed by atoms with Crippen LogP contribution in [0.2, 0.25) is 0 Å². The van der Waals surface area contributed by atoms with E-state index < -0.39 is 10.1 Å². The second-order valence-corrected chi connectivity index (χ2v) is 5.67. The predicted molar refractivity (Wildman–Crippen MR) is 67.8 cm³/mol. The molecule has 0 saturated carbocycles. The number of hydrogen-bond donors (Lipinski definition) is 1. The van der Waals surface area contributed by atoms with Gasteiger partial charge in [-0.2, -0.15) is 8.42 Å². The highest BCUT2D eigenvalue weighted by Crippen LogP contribution is 2.16. The second kappa shape index (κ2) is 5.56. The average molecular weight is 282 g/mol. The van der Waals surface area contributed by atoms with Gasteiger partial charge in [0.25, 0.3) is 10.1 Å². The van der Waals surface area contributed by atoms with Crippen LogP contribution in [-0.4, -0.2) is 13.5 Å². The molecule has 1 heterocycles. The van der Waals surface area contributed by atoms with Crippen molar-refractivity contribution in [3.63, 3.8) is 0 Å². The molecule has 0 aliphatic carbocycles. The van der Waals surface area contributed by atoms with E-state index in [4.69, 9.17) is 13.7 Å². The Morgan fingerprint density at radius 1 is 1.11 bits per heavy atom. The minimum atomic E-state index is -3.80. The number of aryl methyl sites for hydroxylation is 1. The van der Waals surface area contributed by atoms with Crippen LogP contribution in [0.1, 0.15) is 17.1 Å². The summed E-state index contributed by atoms with van der Waals surface area (Å²) in [6.07, 6.45) is 0. The molecule has 0 aliphatic heterocycles. The van der Waals surface area contributed by atoms with Crippen molar-refractivity contribution in [2.75, 3.05) is 0 Å². The standard InChI is InChI=1S/C13H14O5S/c1-10-2-6-13(7-3-10)19(15,16)17-9-12-5-4-11(8-14)18-12/h2-7,14H,8-9H2,1H3. The predicted octanol–water partition coefficient (Wildman–Crippen LogP) is 1.99. The fraction of sp³-hybridized carbons (Fsp3) is 0.231. The molecule has 19 heavy (non-hydrogen) atoms. The molecule has 0 fully saturated rings. The lowest BCUT2D eigenvalue weighted by Gasteiger charge is -2.04. The van der Waals surface area contributed by atoms with E-state index in [0.29, 0.717) is 11.5 Å². The highest BCUT2D eigenvalue weighted by molar-refractivity contribution is 7.86. The highest BCUT2D eigenvalue weighted by Gasteiger charge is 2.16. The molecule has 6 heteroatoms. The molecular formula is C13H14O5S. The Bertz CT molecular complexity index is 640. The van der Waals surface area contributed by atoms with E-state index in [0.717, 1.165) is 5.56 Å². The first-order chi connectivity index (χ1) is 9.01. The maximum Gasteiger partial charge on any atom is 0.297 e. The van der Waals surface area contributed by atoms with Crippen LogP contribution in [-0.2, 0) is 27.5 Å². The normalized spacial score (nSPS) is 11.7. The smallest absolute Gasteiger partial charge is 0.297 e. The third-order valence-corrected chi connectivity index (χ3v) is 3.82. The fourth-order valence-electron chi connectivity index (χ4n) is 1.49. The molecule has 5 nitrogen and oxygen atoms in total. The summed E-state index contributed by atoms with van der Waals surface area (Å²) in [5.41, 5.74) is 0.970. The number of aliphatic hydroxyl groups excluding tert-OH is 1. The molecule has 0 aliphatic rings. The molecule has 0 amide bonds. The minimum Gasteiger partial charge on any atom is -0.461 e. The van der Waals surface area contributed by atoms with Gasteiger partial charge in [-0.05, 0) is 31.2 Å². The highest BCUT2D eigenvalue weighted by atomic mass is 32.2. The van der Waals surface area contributed by atoms with Gasteiger partial charge in [0, 0.05) is 0 Å². The van der Waals surface area contributed by atoms with E-state index in [9.17, 15) is 8.42 Å². The molecule has 102 valence electrons. The SMILES string of the molecule is Cc1ccc(S(=O)(=O)OCc2ccc(CO)o2)cc1. The fourth-order valence-corrected chi connectivity index (χ4v) is 2.37. The van der Waals surface area contributed by atoms with E-state index >= 15 is 0 Å². The molecule has 0 bridgehead atoms. The quantitative estimate of drug-likeness (QED) is 0.849. The molecule has 2 rings (SSSR count). The van der Waals surface area contributed by atoms with Gasteiger partial charge in [0.05, 0.1) is 4.90 Å². The van der Waals surface area contributed by atoms with E-state index in [1.54, 1.807) is 24.3 Å². The Kier molecular flexibility index (Phi) is 4.04. The molecule has 2 aromatic rings. The zero-order valence-corrected chi connectivity index (χ0v) is 11.2. The Morgan fingerprint density at radius 3 is 2.32 bits per heavy atom. The molecule has 0 spiro atoms. The lowest BCUT2D eigenvalue weighted by atomic mass is 10.2. The second-order valence-electron chi connectivity index (χ2n) is 4.06. The number of furan rings is 1. The van der Waals surface area contributed by atoms with Crippen LogP contribution in [0.3, 0.4) is 0 Å². The summed E-state index contributed by atoms with van der Waals surface area (Å²) >= 11 is 0. The Labute approximate surface area is 111 Å². The molecule has 0 saturated heterocycles. The first-order valence-electron chi connectivity index (χ1n) is 5.66.